The molecule has 0 bridgehead atoms. The molecule has 2 aliphatic carbocycles. The van der Waals surface area contributed by atoms with Gasteiger partial charge in [0.1, 0.15) is 6.04 Å². The van der Waals surface area contributed by atoms with Crippen LogP contribution in [0.5, 0.6) is 0 Å². The highest BCUT2D eigenvalue weighted by Crippen LogP contribution is 2.23. The Kier molecular flexibility index (Phi) is 10.6. The summed E-state index contributed by atoms with van der Waals surface area (Å²) in [5.74, 6) is -1.18. The number of carbonyl (C=O) groups is 1. The van der Waals surface area contributed by atoms with Gasteiger partial charge in [-0.15, -0.1) is 4.72 Å². The molecule has 0 aromatic heterocycles. The number of para-hydroxylation sites is 1. The molecule has 168 valence electrons. The first-order valence-electron chi connectivity index (χ1n) is 10.8. The first-order chi connectivity index (χ1) is 14.4. The van der Waals surface area contributed by atoms with Gasteiger partial charge in [-0.05, 0) is 32.6 Å². The second-order valence-corrected chi connectivity index (χ2v) is 9.22. The number of nitrogens with one attached hydrogen (secondary N) is 2. The first kappa shape index (κ1) is 24.6. The summed E-state index contributed by atoms with van der Waals surface area (Å²) in [6.07, 6.45) is 14.6. The molecule has 2 aliphatic rings. The zero-order chi connectivity index (χ0) is 21.9. The summed E-state index contributed by atoms with van der Waals surface area (Å²) in [6.45, 7) is 1.30. The van der Waals surface area contributed by atoms with E-state index in [-0.39, 0.29) is 10.6 Å². The normalized spacial score (nSPS) is 19.9. The van der Waals surface area contributed by atoms with E-state index in [0.717, 1.165) is 12.1 Å². The monoisotopic (exact) mass is 439 g/mol. The highest BCUT2D eigenvalue weighted by atomic mass is 32.2. The topological polar surface area (TPSA) is 128 Å². The van der Waals surface area contributed by atoms with E-state index in [9.17, 15) is 19.5 Å². The Morgan fingerprint density at radius 3 is 2.03 bits per heavy atom. The highest BCUT2D eigenvalue weighted by molar-refractivity contribution is 7.89. The third kappa shape index (κ3) is 8.22. The van der Waals surface area contributed by atoms with Gasteiger partial charge in [0.15, 0.2) is 0 Å². The zero-order valence-corrected chi connectivity index (χ0v) is 18.4. The van der Waals surface area contributed by atoms with Gasteiger partial charge in [-0.25, -0.2) is 0 Å². The van der Waals surface area contributed by atoms with Gasteiger partial charge in [-0.3, -0.25) is 14.9 Å². The summed E-state index contributed by atoms with van der Waals surface area (Å²) in [7, 11) is 0. The summed E-state index contributed by atoms with van der Waals surface area (Å²) >= 11 is -1.94. The molecule has 2 unspecified atom stereocenters. The molecule has 8 nitrogen and oxygen atoms in total. The van der Waals surface area contributed by atoms with Gasteiger partial charge in [-0.1, -0.05) is 50.7 Å². The van der Waals surface area contributed by atoms with Crippen molar-refractivity contribution in [2.45, 2.75) is 94.2 Å². The predicted octanol–water partition coefficient (Wildman–Crippen LogP) is 3.92. The molecule has 2 atom stereocenters. The van der Waals surface area contributed by atoms with Crippen LogP contribution in [0.2, 0.25) is 0 Å². The Morgan fingerprint density at radius 2 is 1.57 bits per heavy atom. The molecule has 0 aliphatic heterocycles. The van der Waals surface area contributed by atoms with Crippen molar-refractivity contribution in [1.29, 1.82) is 0 Å². The Hall–Kier alpha value is -1.68. The molecular weight excluding hydrogens is 406 g/mol. The lowest BCUT2D eigenvalue weighted by Crippen LogP contribution is -2.40. The Morgan fingerprint density at radius 1 is 1.07 bits per heavy atom. The lowest BCUT2D eigenvalue weighted by Gasteiger charge is -2.30. The lowest BCUT2D eigenvalue weighted by molar-refractivity contribution is -0.387. The molecule has 30 heavy (non-hydrogen) atoms. The molecule has 1 aromatic carbocycles. The number of hydrogen-bond donors (Lipinski definition) is 3. The number of carboxylic acids is 1. The van der Waals surface area contributed by atoms with E-state index in [4.69, 9.17) is 5.11 Å². The molecule has 0 saturated heterocycles. The summed E-state index contributed by atoms with van der Waals surface area (Å²) in [5, 5.41) is 23.2. The van der Waals surface area contributed by atoms with E-state index in [1.165, 1.54) is 95.4 Å². The van der Waals surface area contributed by atoms with Gasteiger partial charge < -0.3 is 15.0 Å². The van der Waals surface area contributed by atoms with Crippen LogP contribution < -0.4 is 10.0 Å². The maximum Gasteiger partial charge on any atom is 0.325 e. The smallest absolute Gasteiger partial charge is 0.325 e. The van der Waals surface area contributed by atoms with E-state index >= 15 is 0 Å². The summed E-state index contributed by atoms with van der Waals surface area (Å²) in [6, 6.07) is 6.15. The van der Waals surface area contributed by atoms with Crippen molar-refractivity contribution in [2.24, 2.45) is 0 Å². The maximum absolute atomic E-state index is 11.7. The summed E-state index contributed by atoms with van der Waals surface area (Å²) in [5.41, 5.74) is -0.309. The SMILES string of the molecule is C1CCC(NC2CCCCC2)CC1.CC(N[S+]([O-])c1ccccc1[N+](=O)[O-])C(=O)O. The van der Waals surface area contributed by atoms with E-state index < -0.39 is 28.3 Å². The van der Waals surface area contributed by atoms with Gasteiger partial charge in [0, 0.05) is 24.2 Å². The number of nitro benzene ring substituents is 1. The average molecular weight is 440 g/mol. The van der Waals surface area contributed by atoms with Gasteiger partial charge >= 0.3 is 11.7 Å². The third-order valence-electron chi connectivity index (χ3n) is 5.60. The second kappa shape index (κ2) is 12.9. The van der Waals surface area contributed by atoms with Crippen molar-refractivity contribution in [3.63, 3.8) is 0 Å². The molecule has 2 fully saturated rings. The molecular formula is C21H33N3O5S. The average Bonchev–Trinajstić information content (AvgIpc) is 2.75. The third-order valence-corrected chi connectivity index (χ3v) is 6.91. The molecule has 0 radical (unpaired) electrons. The van der Waals surface area contributed by atoms with Crippen molar-refractivity contribution in [3.05, 3.63) is 34.4 Å². The van der Waals surface area contributed by atoms with Gasteiger partial charge in [0.25, 0.3) is 4.90 Å². The fourth-order valence-electron chi connectivity index (χ4n) is 3.91. The number of hydrogen-bond acceptors (Lipinski definition) is 6. The molecule has 0 heterocycles. The van der Waals surface area contributed by atoms with Crippen LogP contribution in [0, 0.1) is 10.1 Å². The van der Waals surface area contributed by atoms with Gasteiger partial charge in [0.2, 0.25) is 0 Å². The molecule has 9 heteroatoms. The molecule has 3 N–H and O–H groups in total. The van der Waals surface area contributed by atoms with Crippen molar-refractivity contribution >= 4 is 23.0 Å². The standard InChI is InChI=1S/C12H23N.C9H10N2O5S/c1-3-7-11(8-4-1)13-12-9-5-2-6-10-12;1-6(9(12)13)10-17(16)8-5-3-2-4-7(8)11(14)15/h11-13H,1-10H2;2-6,10H,1H3,(H,12,13). The second-order valence-electron chi connectivity index (χ2n) is 8.01. The minimum atomic E-state index is -1.94. The molecule has 0 amide bonds. The van der Waals surface area contributed by atoms with Crippen LogP contribution in [-0.2, 0) is 16.2 Å². The van der Waals surface area contributed by atoms with Gasteiger partial charge in [0.05, 0.1) is 16.3 Å². The largest absolute Gasteiger partial charge is 0.593 e. The van der Waals surface area contributed by atoms with Crippen LogP contribution in [0.15, 0.2) is 29.2 Å². The number of rotatable bonds is 7. The van der Waals surface area contributed by atoms with Crippen molar-refractivity contribution in [1.82, 2.24) is 10.0 Å². The van der Waals surface area contributed by atoms with Crippen molar-refractivity contribution in [2.75, 3.05) is 0 Å². The quantitative estimate of drug-likeness (QED) is 0.334. The Balaban J connectivity index is 0.000000220. The number of nitro groups is 1. The van der Waals surface area contributed by atoms with Crippen molar-refractivity contribution in [3.8, 4) is 0 Å². The minimum Gasteiger partial charge on any atom is -0.593 e. The van der Waals surface area contributed by atoms with Gasteiger partial charge in [-0.2, -0.15) is 0 Å². The fourth-order valence-corrected chi connectivity index (χ4v) is 4.99. The van der Waals surface area contributed by atoms with Crippen LogP contribution in [0.3, 0.4) is 0 Å². The Labute approximate surface area is 181 Å². The van der Waals surface area contributed by atoms with E-state index in [1.807, 2.05) is 0 Å². The van der Waals surface area contributed by atoms with Crippen LogP contribution in [0.25, 0.3) is 0 Å². The number of aliphatic carboxylic acids is 1. The lowest BCUT2D eigenvalue weighted by atomic mass is 9.91. The Bertz CT molecular complexity index is 662. The molecule has 1 aromatic rings. The number of benzene rings is 1. The maximum atomic E-state index is 11.7. The number of carboxylic acid groups (broad SMARTS) is 1. The van der Waals surface area contributed by atoms with Crippen molar-refractivity contribution < 1.29 is 19.4 Å². The van der Waals surface area contributed by atoms with E-state index in [1.54, 1.807) is 0 Å². The molecule has 0 spiro atoms. The van der Waals surface area contributed by atoms with Crippen LogP contribution in [0.1, 0.15) is 71.1 Å². The summed E-state index contributed by atoms with van der Waals surface area (Å²) in [4.78, 5) is 20.5. The first-order valence-corrected chi connectivity index (χ1v) is 11.9. The molecule has 3 rings (SSSR count). The summed E-state index contributed by atoms with van der Waals surface area (Å²) < 4.78 is 14.0. The van der Waals surface area contributed by atoms with E-state index in [0.29, 0.717) is 0 Å². The highest BCUT2D eigenvalue weighted by Gasteiger charge is 2.27. The zero-order valence-electron chi connectivity index (χ0n) is 17.5. The fraction of sp³-hybridized carbons (Fsp3) is 0.667. The number of nitrogens with zero attached hydrogens (tertiary/aromatic N) is 1. The minimum absolute atomic E-state index is 0.0504. The molecule has 2 saturated carbocycles. The predicted molar refractivity (Wildman–Crippen MR) is 117 cm³/mol. The van der Waals surface area contributed by atoms with E-state index in [2.05, 4.69) is 10.0 Å². The van der Waals surface area contributed by atoms with Crippen LogP contribution in [-0.4, -0.2) is 38.7 Å². The van der Waals surface area contributed by atoms with Crippen LogP contribution >= 0.6 is 0 Å². The van der Waals surface area contributed by atoms with Crippen LogP contribution in [0.4, 0.5) is 5.69 Å².